The van der Waals surface area contributed by atoms with Gasteiger partial charge in [-0.25, -0.2) is 4.98 Å². The monoisotopic (exact) mass is 351 g/mol. The van der Waals surface area contributed by atoms with Gasteiger partial charge in [-0.05, 0) is 46.7 Å². The molecule has 1 nitrogen and oxygen atoms in total. The van der Waals surface area contributed by atoms with Crippen molar-refractivity contribution >= 4 is 32.3 Å². The summed E-state index contributed by atoms with van der Waals surface area (Å²) in [5.74, 6) is 0. The average molecular weight is 351 g/mol. The van der Waals surface area contributed by atoms with E-state index in [-0.39, 0.29) is 0 Å². The zero-order valence-electron chi connectivity index (χ0n) is 14.4. The Hall–Kier alpha value is -2.97. The van der Waals surface area contributed by atoms with E-state index >= 15 is 0 Å². The zero-order chi connectivity index (χ0) is 17.5. The van der Waals surface area contributed by atoms with Gasteiger partial charge in [0.05, 0.1) is 15.2 Å². The number of rotatable bonds is 2. The lowest BCUT2D eigenvalue weighted by molar-refractivity contribution is 1.35. The molecule has 0 spiro atoms. The van der Waals surface area contributed by atoms with Crippen LogP contribution in [0.2, 0.25) is 0 Å². The third kappa shape index (κ3) is 2.51. The van der Waals surface area contributed by atoms with E-state index in [0.29, 0.717) is 0 Å². The quantitative estimate of drug-likeness (QED) is 0.331. The lowest BCUT2D eigenvalue weighted by Gasteiger charge is -2.10. The van der Waals surface area contributed by atoms with E-state index in [1.165, 1.54) is 37.7 Å². The molecule has 1 heterocycles. The van der Waals surface area contributed by atoms with Crippen molar-refractivity contribution in [2.45, 2.75) is 6.92 Å². The summed E-state index contributed by atoms with van der Waals surface area (Å²) >= 11 is 1.77. The van der Waals surface area contributed by atoms with Crippen LogP contribution in [-0.4, -0.2) is 4.98 Å². The molecule has 0 aliphatic heterocycles. The normalized spacial score (nSPS) is 11.3. The van der Waals surface area contributed by atoms with Crippen LogP contribution < -0.4 is 0 Å². The second kappa shape index (κ2) is 6.08. The van der Waals surface area contributed by atoms with Crippen LogP contribution in [0.3, 0.4) is 0 Å². The van der Waals surface area contributed by atoms with Gasteiger partial charge in [-0.3, -0.25) is 0 Å². The van der Waals surface area contributed by atoms with Crippen LogP contribution in [0, 0.1) is 6.92 Å². The molecule has 0 aliphatic rings. The van der Waals surface area contributed by atoms with Gasteiger partial charge in [0.25, 0.3) is 0 Å². The SMILES string of the molecule is Cc1nc2c(cc(-c3ccccc3)c3cc(-c4ccccc4)ccc32)s1. The van der Waals surface area contributed by atoms with Crippen LogP contribution in [0.1, 0.15) is 5.01 Å². The Kier molecular flexibility index (Phi) is 3.58. The lowest BCUT2D eigenvalue weighted by Crippen LogP contribution is -1.85. The van der Waals surface area contributed by atoms with E-state index in [9.17, 15) is 0 Å². The molecule has 0 aliphatic carbocycles. The largest absolute Gasteiger partial charge is 0.241 e. The Bertz CT molecular complexity index is 1220. The van der Waals surface area contributed by atoms with Gasteiger partial charge >= 0.3 is 0 Å². The molecular weight excluding hydrogens is 334 g/mol. The summed E-state index contributed by atoms with van der Waals surface area (Å²) in [5.41, 5.74) is 6.11. The van der Waals surface area contributed by atoms with Crippen LogP contribution in [0.25, 0.3) is 43.2 Å². The number of benzene rings is 4. The topological polar surface area (TPSA) is 12.9 Å². The molecule has 0 N–H and O–H groups in total. The average Bonchev–Trinajstić information content (AvgIpc) is 3.08. The van der Waals surface area contributed by atoms with E-state index in [0.717, 1.165) is 10.5 Å². The summed E-state index contributed by atoms with van der Waals surface area (Å²) < 4.78 is 1.25. The maximum Gasteiger partial charge on any atom is 0.0908 e. The third-order valence-electron chi connectivity index (χ3n) is 4.79. The number of hydrogen-bond acceptors (Lipinski definition) is 2. The first-order valence-corrected chi connectivity index (χ1v) is 9.56. The maximum atomic E-state index is 4.80. The highest BCUT2D eigenvalue weighted by Gasteiger charge is 2.12. The number of aromatic nitrogens is 1. The van der Waals surface area contributed by atoms with Crippen LogP contribution >= 0.6 is 11.3 Å². The summed E-state index contributed by atoms with van der Waals surface area (Å²) in [6.07, 6.45) is 0. The van der Waals surface area contributed by atoms with Crippen molar-refractivity contribution in [2.24, 2.45) is 0 Å². The van der Waals surface area contributed by atoms with Gasteiger partial charge in [0.2, 0.25) is 0 Å². The fourth-order valence-corrected chi connectivity index (χ4v) is 4.47. The van der Waals surface area contributed by atoms with Gasteiger partial charge in [-0.2, -0.15) is 0 Å². The molecule has 0 amide bonds. The minimum absolute atomic E-state index is 1.11. The molecule has 0 atom stereocenters. The van der Waals surface area contributed by atoms with Gasteiger partial charge in [-0.1, -0.05) is 72.8 Å². The first-order valence-electron chi connectivity index (χ1n) is 8.74. The van der Waals surface area contributed by atoms with Crippen molar-refractivity contribution in [2.75, 3.05) is 0 Å². The number of hydrogen-bond donors (Lipinski definition) is 0. The molecule has 0 saturated carbocycles. The Morgan fingerprint density at radius 1 is 0.654 bits per heavy atom. The molecule has 0 saturated heterocycles. The second-order valence-electron chi connectivity index (χ2n) is 6.50. The molecule has 0 bridgehead atoms. The summed E-state index contributed by atoms with van der Waals surface area (Å²) in [6.45, 7) is 2.08. The fourth-order valence-electron chi connectivity index (χ4n) is 3.58. The van der Waals surface area contributed by atoms with Gasteiger partial charge in [0.1, 0.15) is 0 Å². The predicted molar refractivity (Wildman–Crippen MR) is 113 cm³/mol. The van der Waals surface area contributed by atoms with Gasteiger partial charge in [0, 0.05) is 5.39 Å². The summed E-state index contributed by atoms with van der Waals surface area (Å²) in [5, 5.41) is 3.60. The van der Waals surface area contributed by atoms with Crippen LogP contribution in [0.4, 0.5) is 0 Å². The smallest absolute Gasteiger partial charge is 0.0908 e. The maximum absolute atomic E-state index is 4.80. The number of nitrogens with zero attached hydrogens (tertiary/aromatic N) is 1. The second-order valence-corrected chi connectivity index (χ2v) is 7.73. The molecule has 5 aromatic rings. The van der Waals surface area contributed by atoms with Gasteiger partial charge < -0.3 is 0 Å². The molecule has 0 radical (unpaired) electrons. The highest BCUT2D eigenvalue weighted by molar-refractivity contribution is 7.18. The lowest BCUT2D eigenvalue weighted by atomic mass is 9.94. The Balaban J connectivity index is 1.87. The van der Waals surface area contributed by atoms with Crippen LogP contribution in [0.5, 0.6) is 0 Å². The highest BCUT2D eigenvalue weighted by Crippen LogP contribution is 2.38. The molecule has 26 heavy (non-hydrogen) atoms. The van der Waals surface area contributed by atoms with E-state index in [1.807, 2.05) is 0 Å². The van der Waals surface area contributed by atoms with E-state index in [2.05, 4.69) is 91.9 Å². The van der Waals surface area contributed by atoms with Crippen molar-refractivity contribution < 1.29 is 0 Å². The van der Waals surface area contributed by atoms with Crippen molar-refractivity contribution in [3.63, 3.8) is 0 Å². The highest BCUT2D eigenvalue weighted by atomic mass is 32.1. The summed E-state index contributed by atoms with van der Waals surface area (Å²) in [4.78, 5) is 4.80. The van der Waals surface area contributed by atoms with Gasteiger partial charge in [0.15, 0.2) is 0 Å². The van der Waals surface area contributed by atoms with Crippen LogP contribution in [0.15, 0.2) is 84.9 Å². The molecule has 1 aromatic heterocycles. The molecule has 5 rings (SSSR count). The van der Waals surface area contributed by atoms with Crippen molar-refractivity contribution in [3.05, 3.63) is 89.9 Å². The van der Waals surface area contributed by atoms with E-state index in [1.54, 1.807) is 11.3 Å². The third-order valence-corrected chi connectivity index (χ3v) is 5.71. The van der Waals surface area contributed by atoms with E-state index < -0.39 is 0 Å². The summed E-state index contributed by atoms with van der Waals surface area (Å²) in [7, 11) is 0. The Morgan fingerprint density at radius 3 is 2.08 bits per heavy atom. The van der Waals surface area contributed by atoms with Crippen molar-refractivity contribution in [1.29, 1.82) is 0 Å². The first-order chi connectivity index (χ1) is 12.8. The zero-order valence-corrected chi connectivity index (χ0v) is 15.3. The molecule has 124 valence electrons. The van der Waals surface area contributed by atoms with Crippen molar-refractivity contribution in [3.8, 4) is 22.3 Å². The minimum atomic E-state index is 1.11. The summed E-state index contributed by atoms with van der Waals surface area (Å²) in [6, 6.07) is 30.2. The predicted octanol–water partition coefficient (Wildman–Crippen LogP) is 7.09. The molecule has 0 unspecified atom stereocenters. The Morgan fingerprint density at radius 2 is 1.35 bits per heavy atom. The standard InChI is InChI=1S/C24H17NS/c1-16-25-24-20-13-12-19(17-8-4-2-5-9-17)14-22(20)21(15-23(24)26-16)18-10-6-3-7-11-18/h2-15H,1H3. The number of fused-ring (bicyclic) bond motifs is 3. The molecule has 2 heteroatoms. The van der Waals surface area contributed by atoms with E-state index in [4.69, 9.17) is 4.98 Å². The van der Waals surface area contributed by atoms with Gasteiger partial charge in [-0.15, -0.1) is 11.3 Å². The first kappa shape index (κ1) is 15.3. The van der Waals surface area contributed by atoms with Crippen molar-refractivity contribution in [1.82, 2.24) is 4.98 Å². The minimum Gasteiger partial charge on any atom is -0.241 e. The molecule has 0 fully saturated rings. The number of aryl methyl sites for hydroxylation is 1. The number of thiazole rings is 1. The molecular formula is C24H17NS. The van der Waals surface area contributed by atoms with Crippen LogP contribution in [-0.2, 0) is 0 Å². The fraction of sp³-hybridized carbons (Fsp3) is 0.0417. The molecule has 4 aromatic carbocycles. The Labute approximate surface area is 156 Å².